The van der Waals surface area contributed by atoms with Crippen LogP contribution in [0.5, 0.6) is 0 Å². The molecule has 2 aliphatic heterocycles. The molecule has 2 aliphatic rings. The predicted octanol–water partition coefficient (Wildman–Crippen LogP) is 0.542. The lowest BCUT2D eigenvalue weighted by Gasteiger charge is -2.35. The summed E-state index contributed by atoms with van der Waals surface area (Å²) in [6.45, 7) is 6.33. The highest BCUT2D eigenvalue weighted by atomic mass is 16.4. The van der Waals surface area contributed by atoms with E-state index in [4.69, 9.17) is 0 Å². The number of carboxylic acid groups (broad SMARTS) is 1. The Morgan fingerprint density at radius 1 is 1.13 bits per heavy atom. The molecular formula is C15H26N4O4. The van der Waals surface area contributed by atoms with Crippen LogP contribution in [0.2, 0.25) is 0 Å². The van der Waals surface area contributed by atoms with Gasteiger partial charge in [-0.05, 0) is 25.7 Å². The third kappa shape index (κ3) is 4.49. The van der Waals surface area contributed by atoms with E-state index in [2.05, 4.69) is 10.6 Å². The summed E-state index contributed by atoms with van der Waals surface area (Å²) >= 11 is 0. The van der Waals surface area contributed by atoms with Gasteiger partial charge in [0.1, 0.15) is 0 Å². The van der Waals surface area contributed by atoms with Gasteiger partial charge in [-0.25, -0.2) is 9.59 Å². The number of urea groups is 2. The molecule has 2 rings (SSSR count). The van der Waals surface area contributed by atoms with Gasteiger partial charge in [0, 0.05) is 38.8 Å². The van der Waals surface area contributed by atoms with Gasteiger partial charge in [-0.2, -0.15) is 0 Å². The molecule has 2 fully saturated rings. The summed E-state index contributed by atoms with van der Waals surface area (Å²) in [5, 5.41) is 14.9. The topological polar surface area (TPSA) is 102 Å². The fraction of sp³-hybridized carbons (Fsp3) is 0.800. The molecule has 0 aromatic carbocycles. The maximum absolute atomic E-state index is 12.4. The van der Waals surface area contributed by atoms with Crippen molar-refractivity contribution in [2.75, 3.05) is 32.7 Å². The normalized spacial score (nSPS) is 27.7. The van der Waals surface area contributed by atoms with Crippen molar-refractivity contribution in [2.45, 2.75) is 32.7 Å². The minimum atomic E-state index is -0.849. The van der Waals surface area contributed by atoms with E-state index >= 15 is 0 Å². The van der Waals surface area contributed by atoms with Gasteiger partial charge in [0.15, 0.2) is 0 Å². The number of likely N-dealkylation sites (tertiary alicyclic amines) is 2. The van der Waals surface area contributed by atoms with Crippen LogP contribution in [0.15, 0.2) is 0 Å². The van der Waals surface area contributed by atoms with Crippen molar-refractivity contribution in [3.63, 3.8) is 0 Å². The molecule has 2 heterocycles. The number of hydrogen-bond acceptors (Lipinski definition) is 3. The first-order chi connectivity index (χ1) is 10.9. The van der Waals surface area contributed by atoms with Crippen molar-refractivity contribution in [2.24, 2.45) is 11.8 Å². The first kappa shape index (κ1) is 17.4. The number of carboxylic acids is 1. The Morgan fingerprint density at radius 2 is 1.87 bits per heavy atom. The summed E-state index contributed by atoms with van der Waals surface area (Å²) in [7, 11) is 0. The second-order valence-corrected chi connectivity index (χ2v) is 6.50. The summed E-state index contributed by atoms with van der Waals surface area (Å²) < 4.78 is 0. The molecule has 0 aromatic heterocycles. The van der Waals surface area contributed by atoms with E-state index < -0.39 is 11.9 Å². The number of piperidine rings is 1. The van der Waals surface area contributed by atoms with Crippen LogP contribution in [-0.2, 0) is 4.79 Å². The number of amides is 4. The van der Waals surface area contributed by atoms with Gasteiger partial charge in [-0.3, -0.25) is 4.79 Å². The highest BCUT2D eigenvalue weighted by molar-refractivity contribution is 5.77. The Kier molecular flexibility index (Phi) is 5.68. The van der Waals surface area contributed by atoms with Crippen molar-refractivity contribution in [3.8, 4) is 0 Å². The van der Waals surface area contributed by atoms with Gasteiger partial charge in [-0.1, -0.05) is 6.92 Å². The van der Waals surface area contributed by atoms with Crippen LogP contribution in [0.1, 0.15) is 26.7 Å². The van der Waals surface area contributed by atoms with E-state index in [0.717, 1.165) is 0 Å². The third-order valence-corrected chi connectivity index (χ3v) is 4.43. The van der Waals surface area contributed by atoms with Crippen molar-refractivity contribution < 1.29 is 19.5 Å². The number of hydrogen-bond donors (Lipinski definition) is 3. The summed E-state index contributed by atoms with van der Waals surface area (Å²) in [6.07, 6.45) is 1.32. The lowest BCUT2D eigenvalue weighted by atomic mass is 9.91. The molecule has 0 spiro atoms. The van der Waals surface area contributed by atoms with Crippen molar-refractivity contribution >= 4 is 18.0 Å². The van der Waals surface area contributed by atoms with Gasteiger partial charge in [0.2, 0.25) is 0 Å². The number of aliphatic carboxylic acids is 1. The van der Waals surface area contributed by atoms with Crippen LogP contribution in [0, 0.1) is 11.8 Å². The summed E-state index contributed by atoms with van der Waals surface area (Å²) in [6, 6.07) is -0.419. The largest absolute Gasteiger partial charge is 0.481 e. The number of carbonyl (C=O) groups excluding carboxylic acids is 2. The fourth-order valence-corrected chi connectivity index (χ4v) is 3.29. The molecule has 0 saturated carbocycles. The number of carbonyl (C=O) groups is 3. The van der Waals surface area contributed by atoms with Crippen LogP contribution in [0.4, 0.5) is 9.59 Å². The van der Waals surface area contributed by atoms with Crippen LogP contribution in [0.3, 0.4) is 0 Å². The Labute approximate surface area is 136 Å². The minimum absolute atomic E-state index is 0.0781. The zero-order valence-corrected chi connectivity index (χ0v) is 13.7. The first-order valence-corrected chi connectivity index (χ1v) is 8.21. The van der Waals surface area contributed by atoms with Crippen LogP contribution in [0.25, 0.3) is 0 Å². The lowest BCUT2D eigenvalue weighted by molar-refractivity contribution is -0.143. The Balaban J connectivity index is 1.85. The zero-order chi connectivity index (χ0) is 17.0. The monoisotopic (exact) mass is 326 g/mol. The average molecular weight is 326 g/mol. The first-order valence-electron chi connectivity index (χ1n) is 8.21. The lowest BCUT2D eigenvalue weighted by Crippen LogP contribution is -2.52. The molecule has 3 unspecified atom stereocenters. The van der Waals surface area contributed by atoms with Gasteiger partial charge in [0.25, 0.3) is 0 Å². The molecule has 0 bridgehead atoms. The van der Waals surface area contributed by atoms with Crippen LogP contribution in [-0.4, -0.2) is 71.7 Å². The molecule has 8 heteroatoms. The maximum atomic E-state index is 12.4. The number of nitrogens with one attached hydrogen (secondary N) is 2. The highest BCUT2D eigenvalue weighted by Gasteiger charge is 2.34. The van der Waals surface area contributed by atoms with Crippen LogP contribution < -0.4 is 10.6 Å². The molecule has 3 N–H and O–H groups in total. The molecule has 0 radical (unpaired) electrons. The molecule has 8 nitrogen and oxygen atoms in total. The summed E-state index contributed by atoms with van der Waals surface area (Å²) in [5.41, 5.74) is 0. The zero-order valence-electron chi connectivity index (χ0n) is 13.7. The van der Waals surface area contributed by atoms with Gasteiger partial charge < -0.3 is 25.5 Å². The molecule has 23 heavy (non-hydrogen) atoms. The maximum Gasteiger partial charge on any atom is 0.317 e. The molecular weight excluding hydrogens is 300 g/mol. The fourth-order valence-electron chi connectivity index (χ4n) is 3.29. The van der Waals surface area contributed by atoms with E-state index in [1.165, 1.54) is 0 Å². The number of rotatable bonds is 3. The Hall–Kier alpha value is -1.99. The van der Waals surface area contributed by atoms with Gasteiger partial charge in [-0.15, -0.1) is 0 Å². The quantitative estimate of drug-likeness (QED) is 0.704. The SMILES string of the molecule is CCNC(=O)N1CCC(NC(=O)N2CC(C)CC(C(=O)O)C2)C1. The minimum Gasteiger partial charge on any atom is -0.481 e. The van der Waals surface area contributed by atoms with E-state index in [-0.39, 0.29) is 30.6 Å². The van der Waals surface area contributed by atoms with E-state index in [9.17, 15) is 19.5 Å². The van der Waals surface area contributed by atoms with Crippen molar-refractivity contribution in [1.29, 1.82) is 0 Å². The van der Waals surface area contributed by atoms with Gasteiger partial charge in [0.05, 0.1) is 5.92 Å². The number of nitrogens with zero attached hydrogens (tertiary/aromatic N) is 2. The molecule has 2 saturated heterocycles. The highest BCUT2D eigenvalue weighted by Crippen LogP contribution is 2.22. The molecule has 4 amide bonds. The van der Waals surface area contributed by atoms with E-state index in [0.29, 0.717) is 39.0 Å². The van der Waals surface area contributed by atoms with Gasteiger partial charge >= 0.3 is 18.0 Å². The third-order valence-electron chi connectivity index (χ3n) is 4.43. The van der Waals surface area contributed by atoms with Crippen molar-refractivity contribution in [1.82, 2.24) is 20.4 Å². The molecule has 0 aromatic rings. The molecule has 3 atom stereocenters. The summed E-state index contributed by atoms with van der Waals surface area (Å²) in [4.78, 5) is 38.6. The average Bonchev–Trinajstić information content (AvgIpc) is 2.95. The van der Waals surface area contributed by atoms with Crippen molar-refractivity contribution in [3.05, 3.63) is 0 Å². The second kappa shape index (κ2) is 7.52. The second-order valence-electron chi connectivity index (χ2n) is 6.50. The van der Waals surface area contributed by atoms with Crippen LogP contribution >= 0.6 is 0 Å². The Morgan fingerprint density at radius 3 is 2.52 bits per heavy atom. The van der Waals surface area contributed by atoms with E-state index in [1.54, 1.807) is 9.80 Å². The Bertz CT molecular complexity index is 470. The van der Waals surface area contributed by atoms with E-state index in [1.807, 2.05) is 13.8 Å². The smallest absolute Gasteiger partial charge is 0.317 e. The predicted molar refractivity (Wildman–Crippen MR) is 84.1 cm³/mol. The summed E-state index contributed by atoms with van der Waals surface area (Å²) in [5.74, 6) is -1.18. The molecule has 0 aliphatic carbocycles. The standard InChI is InChI=1S/C15H26N4O4/c1-3-16-14(22)18-5-4-12(9-18)17-15(23)19-7-10(2)6-11(8-19)13(20)21/h10-12H,3-9H2,1-2H3,(H,16,22)(H,17,23)(H,20,21). The molecule has 130 valence electrons.